The van der Waals surface area contributed by atoms with Gasteiger partial charge in [-0.2, -0.15) is 0 Å². The van der Waals surface area contributed by atoms with Gasteiger partial charge in [0, 0.05) is 70.0 Å². The number of rotatable bonds is 24. The first-order valence-electron chi connectivity index (χ1n) is 12.2. The maximum Gasteiger partial charge on any atom is 0.727 e. The summed E-state index contributed by atoms with van der Waals surface area (Å²) in [6.07, 6.45) is 0. The van der Waals surface area contributed by atoms with Crippen molar-refractivity contribution in [1.29, 1.82) is 0 Å². The molecule has 0 heterocycles. The normalized spacial score (nSPS) is 15.9. The topological polar surface area (TPSA) is 148 Å². The van der Waals surface area contributed by atoms with Crippen LogP contribution in [0.2, 0.25) is 38.3 Å². The molecule has 16 nitrogen and oxygen atoms in total. The van der Waals surface area contributed by atoms with Gasteiger partial charge in [-0.1, -0.05) is 0 Å². The number of hydrogen-bond donors (Lipinski definition) is 0. The average Bonchev–Trinajstić information content (AvgIpc) is 2.96. The number of hydrogen-bond acceptors (Lipinski definition) is 16. The summed E-state index contributed by atoms with van der Waals surface area (Å²) in [7, 11) is -12.9. The molecule has 0 fully saturated rings. The standard InChI is InChI=1S/C17H45O16Si9/c1-18-38(19-2,20-3)17-16-37(14,15)30-42(28-35-11,31-39(21-4,22-5)23-6)33-40(24-7,25-8)32-41(26-9,27-34-10)29-36(12)13/h10-11H,16-17H2,1-9,12-15H3. The summed E-state index contributed by atoms with van der Waals surface area (Å²) in [5.74, 6) is 0. The molecule has 0 aromatic heterocycles. The van der Waals surface area contributed by atoms with Gasteiger partial charge in [0.05, 0.1) is 0 Å². The second-order valence-electron chi connectivity index (χ2n) is 8.64. The predicted octanol–water partition coefficient (Wildman–Crippen LogP) is 0.474. The molecule has 0 aliphatic rings. The molecule has 42 heavy (non-hydrogen) atoms. The lowest BCUT2D eigenvalue weighted by Crippen LogP contribution is -2.71. The second kappa shape index (κ2) is 19.3. The molecule has 2 unspecified atom stereocenters. The SMILES string of the molecule is C#[Si]O[Si](OC)(O[Si](C)C)O[Si](OC)(OC)O[Si](O[Si]#C)(O[Si](C)(C)CC[Si](OC)(OC)OC)O[Si](OC)(OC)OC. The van der Waals surface area contributed by atoms with Crippen LogP contribution in [0.15, 0.2) is 0 Å². The minimum absolute atomic E-state index is 0.413. The van der Waals surface area contributed by atoms with Crippen molar-refractivity contribution in [1.82, 2.24) is 0 Å². The van der Waals surface area contributed by atoms with E-state index in [-0.39, 0.29) is 0 Å². The first-order valence-corrected chi connectivity index (χ1v) is 28.1. The van der Waals surface area contributed by atoms with Gasteiger partial charge in [0.2, 0.25) is 27.4 Å². The molecule has 0 amide bonds. The Labute approximate surface area is 262 Å². The van der Waals surface area contributed by atoms with Crippen molar-refractivity contribution < 1.29 is 68.6 Å². The van der Waals surface area contributed by atoms with Crippen molar-refractivity contribution in [2.75, 3.05) is 64.0 Å². The van der Waals surface area contributed by atoms with Gasteiger partial charge >= 0.3 is 45.0 Å². The zero-order valence-electron chi connectivity index (χ0n) is 26.6. The second-order valence-corrected chi connectivity index (χ2v) is 30.2. The van der Waals surface area contributed by atoms with Crippen LogP contribution in [0.25, 0.3) is 0 Å². The highest BCUT2D eigenvalue weighted by Crippen LogP contribution is 2.32. The molecule has 0 rings (SSSR count). The summed E-state index contributed by atoms with van der Waals surface area (Å²) in [6, 6.07) is 12.5. The fourth-order valence-electron chi connectivity index (χ4n) is 3.21. The Hall–Kier alpha value is 0.552. The zero-order chi connectivity index (χ0) is 32.7. The average molecular weight is 758 g/mol. The molecule has 25 heteroatoms. The van der Waals surface area contributed by atoms with Crippen molar-refractivity contribution in [3.63, 3.8) is 0 Å². The summed E-state index contributed by atoms with van der Waals surface area (Å²) in [6.45, 7) is 7.53. The summed E-state index contributed by atoms with van der Waals surface area (Å²) in [5.41, 5.74) is 0. The van der Waals surface area contributed by atoms with Crippen LogP contribution in [0.4, 0.5) is 0 Å². The fourth-order valence-corrected chi connectivity index (χ4v) is 27.3. The molecule has 0 aromatic carbocycles. The van der Waals surface area contributed by atoms with Gasteiger partial charge in [0.1, 0.15) is 0 Å². The van der Waals surface area contributed by atoms with Crippen molar-refractivity contribution in [3.8, 4) is 12.0 Å². The van der Waals surface area contributed by atoms with Crippen LogP contribution in [0.1, 0.15) is 0 Å². The molecule has 245 valence electrons. The minimum Gasteiger partial charge on any atom is -0.496 e. The van der Waals surface area contributed by atoms with Crippen molar-refractivity contribution in [2.24, 2.45) is 0 Å². The quantitative estimate of drug-likeness (QED) is 0.126. The highest BCUT2D eigenvalue weighted by atomic mass is 28.6. The van der Waals surface area contributed by atoms with Crippen molar-refractivity contribution in [2.45, 2.75) is 38.3 Å². The van der Waals surface area contributed by atoms with Crippen LogP contribution < -0.4 is 0 Å². The zero-order valence-corrected chi connectivity index (χ0v) is 35.6. The van der Waals surface area contributed by atoms with Gasteiger partial charge in [-0.05, 0) is 32.2 Å². The Bertz CT molecular complexity index is 848. The van der Waals surface area contributed by atoms with E-state index in [1.807, 2.05) is 26.2 Å². The molecule has 0 aromatic rings. The summed E-state index contributed by atoms with van der Waals surface area (Å²) >= 11 is 0. The summed E-state index contributed by atoms with van der Waals surface area (Å²) < 4.78 is 93.7. The largest absolute Gasteiger partial charge is 0.727 e. The molecule has 0 aliphatic heterocycles. The third kappa shape index (κ3) is 12.4. The highest BCUT2D eigenvalue weighted by molar-refractivity contribution is 6.86. The molecule has 1 radical (unpaired) electrons. The molecule has 0 N–H and O–H groups in total. The van der Waals surface area contributed by atoms with Crippen molar-refractivity contribution in [3.05, 3.63) is 0 Å². The lowest BCUT2D eigenvalue weighted by molar-refractivity contribution is -0.0295. The maximum absolute atomic E-state index is 6.66. The summed E-state index contributed by atoms with van der Waals surface area (Å²) in [4.78, 5) is 0. The maximum atomic E-state index is 6.66. The van der Waals surface area contributed by atoms with E-state index in [1.54, 1.807) is 0 Å². The van der Waals surface area contributed by atoms with Gasteiger partial charge in [-0.3, -0.25) is 0 Å². The lowest BCUT2D eigenvalue weighted by atomic mass is 10.9. The Morgan fingerprint density at radius 2 is 0.881 bits per heavy atom. The Kier molecular flexibility index (Phi) is 19.5. The highest BCUT2D eigenvalue weighted by Gasteiger charge is 2.70. The fraction of sp³-hybridized carbons (Fsp3) is 0.882. The molecule has 0 saturated heterocycles. The van der Waals surface area contributed by atoms with Crippen LogP contribution >= 0.6 is 0 Å². The van der Waals surface area contributed by atoms with Crippen LogP contribution in [-0.4, -0.2) is 145 Å². The third-order valence-corrected chi connectivity index (χ3v) is 27.8. The van der Waals surface area contributed by atoms with Gasteiger partial charge < -0.3 is 68.6 Å². The van der Waals surface area contributed by atoms with E-state index in [0.29, 0.717) is 12.1 Å². The van der Waals surface area contributed by atoms with E-state index < -0.39 is 80.8 Å². The molecular formula is C17H45O16Si9. The smallest absolute Gasteiger partial charge is 0.496 e. The monoisotopic (exact) mass is 757 g/mol. The van der Waals surface area contributed by atoms with Crippen LogP contribution in [0, 0.1) is 12.0 Å². The van der Waals surface area contributed by atoms with E-state index in [2.05, 4.69) is 0 Å². The summed E-state index contributed by atoms with van der Waals surface area (Å²) in [5, 5.41) is 0. The molecule has 2 atom stereocenters. The van der Waals surface area contributed by atoms with E-state index in [0.717, 1.165) is 0 Å². The van der Waals surface area contributed by atoms with Gasteiger partial charge in [-0.15, -0.1) is 12.0 Å². The van der Waals surface area contributed by atoms with E-state index in [1.165, 1.54) is 64.0 Å². The molecule has 0 spiro atoms. The Balaban J connectivity index is 7.03. The first kappa shape index (κ1) is 42.6. The van der Waals surface area contributed by atoms with Gasteiger partial charge in [-0.25, -0.2) is 0 Å². The van der Waals surface area contributed by atoms with E-state index >= 15 is 0 Å². The van der Waals surface area contributed by atoms with E-state index in [4.69, 9.17) is 80.6 Å². The molecular weight excluding hydrogens is 713 g/mol. The molecule has 0 bridgehead atoms. The van der Waals surface area contributed by atoms with Gasteiger partial charge in [0.25, 0.3) is 0 Å². The molecule has 0 saturated carbocycles. The Morgan fingerprint density at radius 1 is 0.500 bits per heavy atom. The molecule has 0 aliphatic carbocycles. The lowest BCUT2D eigenvalue weighted by Gasteiger charge is -2.41. The van der Waals surface area contributed by atoms with E-state index in [9.17, 15) is 0 Å². The first-order chi connectivity index (χ1) is 19.6. The third-order valence-electron chi connectivity index (χ3n) is 5.31. The van der Waals surface area contributed by atoms with Crippen LogP contribution in [0.5, 0.6) is 0 Å². The van der Waals surface area contributed by atoms with Crippen LogP contribution in [0.3, 0.4) is 0 Å². The van der Waals surface area contributed by atoms with Crippen molar-refractivity contribution >= 4 is 80.8 Å². The Morgan fingerprint density at radius 3 is 1.24 bits per heavy atom. The predicted molar refractivity (Wildman–Crippen MR) is 165 cm³/mol. The van der Waals surface area contributed by atoms with Crippen LogP contribution in [-0.2, 0) is 68.6 Å². The van der Waals surface area contributed by atoms with Gasteiger partial charge in [0.15, 0.2) is 8.32 Å². The minimum atomic E-state index is -4.56.